The van der Waals surface area contributed by atoms with Gasteiger partial charge in [0.1, 0.15) is 5.15 Å². The van der Waals surface area contributed by atoms with Crippen LogP contribution >= 0.6 is 11.6 Å². The molecule has 0 spiro atoms. The number of aromatic nitrogens is 4. The van der Waals surface area contributed by atoms with Crippen LogP contribution in [0.25, 0.3) is 5.95 Å². The molecule has 0 saturated heterocycles. The smallest absolute Gasteiger partial charge is 0.220 e. The van der Waals surface area contributed by atoms with E-state index in [0.717, 1.165) is 5.56 Å². The summed E-state index contributed by atoms with van der Waals surface area (Å²) >= 11 is 5.77. The van der Waals surface area contributed by atoms with E-state index < -0.39 is 0 Å². The summed E-state index contributed by atoms with van der Waals surface area (Å²) in [6.45, 7) is 4.22. The standard InChI is InChI=1S/C10H11ClN4/c1-7(2)8-5-13-15(6-8)10-12-4-3-9(11)14-10/h3-7H,1-2H3. The second-order valence-corrected chi connectivity index (χ2v) is 3.94. The van der Waals surface area contributed by atoms with E-state index in [1.165, 1.54) is 0 Å². The highest BCUT2D eigenvalue weighted by Gasteiger charge is 2.06. The van der Waals surface area contributed by atoms with Crippen molar-refractivity contribution in [1.82, 2.24) is 19.7 Å². The topological polar surface area (TPSA) is 43.6 Å². The van der Waals surface area contributed by atoms with Crippen LogP contribution < -0.4 is 0 Å². The summed E-state index contributed by atoms with van der Waals surface area (Å²) in [4.78, 5) is 8.16. The Hall–Kier alpha value is -1.42. The number of halogens is 1. The van der Waals surface area contributed by atoms with Gasteiger partial charge in [0.25, 0.3) is 5.95 Å². The first-order valence-corrected chi connectivity index (χ1v) is 5.08. The molecule has 78 valence electrons. The highest BCUT2D eigenvalue weighted by Crippen LogP contribution is 2.14. The van der Waals surface area contributed by atoms with Gasteiger partial charge in [0, 0.05) is 12.4 Å². The molecule has 15 heavy (non-hydrogen) atoms. The van der Waals surface area contributed by atoms with E-state index in [2.05, 4.69) is 28.9 Å². The van der Waals surface area contributed by atoms with Gasteiger partial charge in [0.2, 0.25) is 0 Å². The fourth-order valence-electron chi connectivity index (χ4n) is 1.18. The van der Waals surface area contributed by atoms with Crippen LogP contribution in [-0.4, -0.2) is 19.7 Å². The molecule has 0 fully saturated rings. The van der Waals surface area contributed by atoms with Crippen LogP contribution in [0, 0.1) is 0 Å². The lowest BCUT2D eigenvalue weighted by molar-refractivity contribution is 0.804. The van der Waals surface area contributed by atoms with Crippen molar-refractivity contribution in [2.24, 2.45) is 0 Å². The first-order chi connectivity index (χ1) is 7.16. The van der Waals surface area contributed by atoms with Gasteiger partial charge in [0.05, 0.1) is 6.20 Å². The summed E-state index contributed by atoms with van der Waals surface area (Å²) in [5, 5.41) is 4.60. The molecule has 0 aliphatic heterocycles. The average Bonchev–Trinajstić information content (AvgIpc) is 2.66. The highest BCUT2D eigenvalue weighted by atomic mass is 35.5. The molecule has 0 radical (unpaired) electrons. The first-order valence-electron chi connectivity index (χ1n) is 4.70. The first kappa shape index (κ1) is 10.1. The molecule has 0 amide bonds. The second-order valence-electron chi connectivity index (χ2n) is 3.55. The van der Waals surface area contributed by atoms with E-state index in [4.69, 9.17) is 11.6 Å². The van der Waals surface area contributed by atoms with Crippen molar-refractivity contribution in [3.05, 3.63) is 35.4 Å². The fourth-order valence-corrected chi connectivity index (χ4v) is 1.31. The zero-order chi connectivity index (χ0) is 10.8. The lowest BCUT2D eigenvalue weighted by atomic mass is 10.1. The Morgan fingerprint density at radius 1 is 1.40 bits per heavy atom. The quantitative estimate of drug-likeness (QED) is 0.733. The molecule has 0 bridgehead atoms. The molecule has 2 aromatic rings. The fraction of sp³-hybridized carbons (Fsp3) is 0.300. The van der Waals surface area contributed by atoms with E-state index in [-0.39, 0.29) is 0 Å². The monoisotopic (exact) mass is 222 g/mol. The van der Waals surface area contributed by atoms with Crippen molar-refractivity contribution in [2.75, 3.05) is 0 Å². The SMILES string of the molecule is CC(C)c1cnn(-c2nccc(Cl)n2)c1. The van der Waals surface area contributed by atoms with Gasteiger partial charge in [-0.15, -0.1) is 0 Å². The van der Waals surface area contributed by atoms with Gasteiger partial charge in [-0.2, -0.15) is 10.1 Å². The minimum atomic E-state index is 0.418. The maximum absolute atomic E-state index is 5.77. The highest BCUT2D eigenvalue weighted by molar-refractivity contribution is 6.29. The molecule has 4 nitrogen and oxygen atoms in total. The largest absolute Gasteiger partial charge is 0.251 e. The lowest BCUT2D eigenvalue weighted by Gasteiger charge is -1.99. The molecule has 0 aliphatic carbocycles. The van der Waals surface area contributed by atoms with Crippen LogP contribution in [0.3, 0.4) is 0 Å². The van der Waals surface area contributed by atoms with Crippen molar-refractivity contribution in [1.29, 1.82) is 0 Å². The van der Waals surface area contributed by atoms with Gasteiger partial charge in [-0.25, -0.2) is 9.67 Å². The van der Waals surface area contributed by atoms with Gasteiger partial charge in [-0.1, -0.05) is 25.4 Å². The van der Waals surface area contributed by atoms with Crippen molar-refractivity contribution >= 4 is 11.6 Å². The van der Waals surface area contributed by atoms with Gasteiger partial charge in [0.15, 0.2) is 0 Å². The lowest BCUT2D eigenvalue weighted by Crippen LogP contribution is -2.00. The normalized spacial score (nSPS) is 10.9. The number of nitrogens with zero attached hydrogens (tertiary/aromatic N) is 4. The van der Waals surface area contributed by atoms with Gasteiger partial charge in [-0.3, -0.25) is 0 Å². The van der Waals surface area contributed by atoms with Crippen LogP contribution in [0.2, 0.25) is 5.15 Å². The third-order valence-corrected chi connectivity index (χ3v) is 2.29. The molecule has 0 saturated carbocycles. The van der Waals surface area contributed by atoms with E-state index in [0.29, 0.717) is 17.0 Å². The summed E-state index contributed by atoms with van der Waals surface area (Å²) in [6.07, 6.45) is 5.34. The van der Waals surface area contributed by atoms with E-state index in [9.17, 15) is 0 Å². The summed E-state index contributed by atoms with van der Waals surface area (Å²) in [6, 6.07) is 1.64. The summed E-state index contributed by atoms with van der Waals surface area (Å²) in [7, 11) is 0. The molecule has 0 unspecified atom stereocenters. The Kier molecular flexibility index (Phi) is 2.68. The Balaban J connectivity index is 2.37. The molecular formula is C10H11ClN4. The Morgan fingerprint density at radius 2 is 2.20 bits per heavy atom. The van der Waals surface area contributed by atoms with E-state index in [1.54, 1.807) is 16.9 Å². The minimum Gasteiger partial charge on any atom is -0.220 e. The molecule has 0 N–H and O–H groups in total. The molecule has 0 atom stereocenters. The number of hydrogen-bond acceptors (Lipinski definition) is 3. The van der Waals surface area contributed by atoms with Crippen LogP contribution in [-0.2, 0) is 0 Å². The number of rotatable bonds is 2. The van der Waals surface area contributed by atoms with Crippen molar-refractivity contribution < 1.29 is 0 Å². The van der Waals surface area contributed by atoms with Crippen LogP contribution in [0.4, 0.5) is 0 Å². The summed E-state index contributed by atoms with van der Waals surface area (Å²) in [5.41, 5.74) is 1.15. The molecule has 2 heterocycles. The minimum absolute atomic E-state index is 0.418. The molecule has 5 heteroatoms. The van der Waals surface area contributed by atoms with Gasteiger partial charge >= 0.3 is 0 Å². The second kappa shape index (κ2) is 3.98. The molecular weight excluding hydrogens is 212 g/mol. The van der Waals surface area contributed by atoms with E-state index in [1.807, 2.05) is 12.4 Å². The third-order valence-electron chi connectivity index (χ3n) is 2.08. The summed E-state index contributed by atoms with van der Waals surface area (Å²) in [5.74, 6) is 0.937. The predicted octanol–water partition coefficient (Wildman–Crippen LogP) is 2.44. The van der Waals surface area contributed by atoms with Crippen LogP contribution in [0.15, 0.2) is 24.7 Å². The van der Waals surface area contributed by atoms with Gasteiger partial charge < -0.3 is 0 Å². The van der Waals surface area contributed by atoms with Crippen molar-refractivity contribution in [3.8, 4) is 5.95 Å². The predicted molar refractivity (Wildman–Crippen MR) is 58.3 cm³/mol. The maximum atomic E-state index is 5.77. The van der Waals surface area contributed by atoms with Crippen LogP contribution in [0.1, 0.15) is 25.3 Å². The molecule has 0 aliphatic rings. The third kappa shape index (κ3) is 2.15. The van der Waals surface area contributed by atoms with Gasteiger partial charge in [-0.05, 0) is 17.5 Å². The maximum Gasteiger partial charge on any atom is 0.251 e. The average molecular weight is 223 g/mol. The molecule has 2 rings (SSSR count). The zero-order valence-corrected chi connectivity index (χ0v) is 9.31. The Morgan fingerprint density at radius 3 is 2.80 bits per heavy atom. The van der Waals surface area contributed by atoms with Crippen molar-refractivity contribution in [3.63, 3.8) is 0 Å². The van der Waals surface area contributed by atoms with Crippen molar-refractivity contribution in [2.45, 2.75) is 19.8 Å². The Bertz CT molecular complexity index is 464. The van der Waals surface area contributed by atoms with Crippen LogP contribution in [0.5, 0.6) is 0 Å². The molecule has 2 aromatic heterocycles. The van der Waals surface area contributed by atoms with E-state index >= 15 is 0 Å². The zero-order valence-electron chi connectivity index (χ0n) is 8.55. The molecule has 0 aromatic carbocycles. The number of hydrogen-bond donors (Lipinski definition) is 0. The summed E-state index contributed by atoms with van der Waals surface area (Å²) < 4.78 is 1.63. The Labute approximate surface area is 92.9 Å².